The molecule has 0 atom stereocenters. The summed E-state index contributed by atoms with van der Waals surface area (Å²) in [6.45, 7) is 1.96. The summed E-state index contributed by atoms with van der Waals surface area (Å²) < 4.78 is 1.63. The van der Waals surface area contributed by atoms with Crippen molar-refractivity contribution < 1.29 is 9.90 Å². The number of nitrogens with zero attached hydrogens (tertiary/aromatic N) is 4. The lowest BCUT2D eigenvalue weighted by Crippen LogP contribution is -2.00. The van der Waals surface area contributed by atoms with Gasteiger partial charge in [-0.25, -0.2) is 4.79 Å². The summed E-state index contributed by atoms with van der Waals surface area (Å²) in [5, 5.41) is 17.1. The molecule has 0 saturated carbocycles. The van der Waals surface area contributed by atoms with E-state index in [1.54, 1.807) is 16.7 Å². The summed E-state index contributed by atoms with van der Waals surface area (Å²) in [5.74, 6) is -0.458. The van der Waals surface area contributed by atoms with E-state index in [4.69, 9.17) is 5.11 Å². The van der Waals surface area contributed by atoms with Crippen molar-refractivity contribution in [1.82, 2.24) is 19.6 Å². The van der Waals surface area contributed by atoms with Crippen LogP contribution in [-0.2, 0) is 0 Å². The van der Waals surface area contributed by atoms with E-state index >= 15 is 0 Å². The molecule has 0 amide bonds. The molecular formula is C13H10N4O2. The van der Waals surface area contributed by atoms with Gasteiger partial charge in [0.25, 0.3) is 0 Å². The minimum absolute atomic E-state index is 0.182. The van der Waals surface area contributed by atoms with Crippen molar-refractivity contribution in [3.05, 3.63) is 47.8 Å². The second-order valence-electron chi connectivity index (χ2n) is 4.19. The molecule has 1 N–H and O–H groups in total. The van der Waals surface area contributed by atoms with Crippen LogP contribution in [0.2, 0.25) is 0 Å². The van der Waals surface area contributed by atoms with Crippen molar-refractivity contribution in [3.8, 4) is 11.5 Å². The average Bonchev–Trinajstić information content (AvgIpc) is 2.81. The van der Waals surface area contributed by atoms with Crippen LogP contribution in [0, 0.1) is 6.92 Å². The fourth-order valence-electron chi connectivity index (χ4n) is 1.85. The van der Waals surface area contributed by atoms with Gasteiger partial charge in [-0.05, 0) is 36.8 Å². The lowest BCUT2D eigenvalue weighted by Gasteiger charge is -2.01. The Morgan fingerprint density at radius 3 is 2.84 bits per heavy atom. The third kappa shape index (κ3) is 1.93. The van der Waals surface area contributed by atoms with Gasteiger partial charge < -0.3 is 5.11 Å². The molecule has 0 aliphatic carbocycles. The van der Waals surface area contributed by atoms with E-state index in [1.807, 2.05) is 19.1 Å². The first-order valence-corrected chi connectivity index (χ1v) is 5.66. The number of hydrogen-bond acceptors (Lipinski definition) is 4. The molecule has 0 radical (unpaired) electrons. The molecule has 0 aromatic carbocycles. The Bertz CT molecular complexity index is 779. The lowest BCUT2D eigenvalue weighted by molar-refractivity contribution is 0.0696. The van der Waals surface area contributed by atoms with Gasteiger partial charge in [0.15, 0.2) is 11.5 Å². The fraction of sp³-hybridized carbons (Fsp3) is 0.0769. The summed E-state index contributed by atoms with van der Waals surface area (Å²) in [4.78, 5) is 15.2. The van der Waals surface area contributed by atoms with Crippen LogP contribution in [-0.4, -0.2) is 30.7 Å². The Kier molecular flexibility index (Phi) is 2.49. The topological polar surface area (TPSA) is 80.4 Å². The first kappa shape index (κ1) is 11.3. The van der Waals surface area contributed by atoms with Gasteiger partial charge in [0.2, 0.25) is 0 Å². The molecule has 0 fully saturated rings. The van der Waals surface area contributed by atoms with Crippen LogP contribution in [0.5, 0.6) is 0 Å². The SMILES string of the molecule is Cc1ccnc(-c2nnc3ccc(C(=O)O)cn23)c1. The molecule has 3 aromatic rings. The van der Waals surface area contributed by atoms with E-state index in [0.717, 1.165) is 5.56 Å². The summed E-state index contributed by atoms with van der Waals surface area (Å²) in [7, 11) is 0. The Morgan fingerprint density at radius 2 is 2.11 bits per heavy atom. The molecule has 0 unspecified atom stereocenters. The van der Waals surface area contributed by atoms with Gasteiger partial charge in [-0.2, -0.15) is 0 Å². The molecule has 0 aliphatic heterocycles. The number of aromatic nitrogens is 4. The van der Waals surface area contributed by atoms with Gasteiger partial charge in [0, 0.05) is 12.4 Å². The molecule has 6 heteroatoms. The highest BCUT2D eigenvalue weighted by atomic mass is 16.4. The minimum Gasteiger partial charge on any atom is -0.478 e. The van der Waals surface area contributed by atoms with Crippen molar-refractivity contribution in [1.29, 1.82) is 0 Å². The molecule has 0 saturated heterocycles. The largest absolute Gasteiger partial charge is 0.478 e. The molecule has 3 aromatic heterocycles. The fourth-order valence-corrected chi connectivity index (χ4v) is 1.85. The molecule has 0 aliphatic rings. The van der Waals surface area contributed by atoms with Crippen LogP contribution >= 0.6 is 0 Å². The number of rotatable bonds is 2. The minimum atomic E-state index is -0.987. The number of carboxylic acid groups (broad SMARTS) is 1. The number of pyridine rings is 2. The van der Waals surface area contributed by atoms with E-state index in [0.29, 0.717) is 17.2 Å². The Morgan fingerprint density at radius 1 is 1.26 bits per heavy atom. The molecule has 3 heterocycles. The van der Waals surface area contributed by atoms with Crippen LogP contribution in [0.25, 0.3) is 17.2 Å². The number of carboxylic acids is 1. The predicted octanol–water partition coefficient (Wildman–Crippen LogP) is 1.80. The van der Waals surface area contributed by atoms with Crippen LogP contribution in [0.4, 0.5) is 0 Å². The highest BCUT2D eigenvalue weighted by Crippen LogP contribution is 2.17. The van der Waals surface area contributed by atoms with E-state index in [2.05, 4.69) is 15.2 Å². The highest BCUT2D eigenvalue weighted by Gasteiger charge is 2.11. The summed E-state index contributed by atoms with van der Waals surface area (Å²) >= 11 is 0. The third-order valence-corrected chi connectivity index (χ3v) is 2.79. The van der Waals surface area contributed by atoms with Crippen molar-refractivity contribution in [3.63, 3.8) is 0 Å². The molecule has 0 spiro atoms. The van der Waals surface area contributed by atoms with Gasteiger partial charge in [-0.3, -0.25) is 9.38 Å². The number of carbonyl (C=O) groups is 1. The van der Waals surface area contributed by atoms with E-state index in [9.17, 15) is 4.79 Å². The molecular weight excluding hydrogens is 244 g/mol. The summed E-state index contributed by atoms with van der Waals surface area (Å²) in [5.41, 5.74) is 2.48. The van der Waals surface area contributed by atoms with E-state index in [1.165, 1.54) is 12.3 Å². The van der Waals surface area contributed by atoms with Crippen LogP contribution < -0.4 is 0 Å². The van der Waals surface area contributed by atoms with Crippen molar-refractivity contribution in [2.24, 2.45) is 0 Å². The second-order valence-corrected chi connectivity index (χ2v) is 4.19. The summed E-state index contributed by atoms with van der Waals surface area (Å²) in [6, 6.07) is 6.88. The van der Waals surface area contributed by atoms with Crippen molar-refractivity contribution >= 4 is 11.6 Å². The number of aromatic carboxylic acids is 1. The summed E-state index contributed by atoms with van der Waals surface area (Å²) in [6.07, 6.45) is 3.18. The Balaban J connectivity index is 2.24. The zero-order valence-electron chi connectivity index (χ0n) is 10.1. The number of hydrogen-bond donors (Lipinski definition) is 1. The second kappa shape index (κ2) is 4.16. The molecule has 94 valence electrons. The maximum absolute atomic E-state index is 11.0. The van der Waals surface area contributed by atoms with Crippen LogP contribution in [0.1, 0.15) is 15.9 Å². The van der Waals surface area contributed by atoms with Crippen molar-refractivity contribution in [2.45, 2.75) is 6.92 Å². The first-order chi connectivity index (χ1) is 9.15. The van der Waals surface area contributed by atoms with Gasteiger partial charge in [0.05, 0.1) is 5.56 Å². The van der Waals surface area contributed by atoms with Gasteiger partial charge in [-0.15, -0.1) is 10.2 Å². The third-order valence-electron chi connectivity index (χ3n) is 2.79. The number of fused-ring (bicyclic) bond motifs is 1. The zero-order valence-corrected chi connectivity index (χ0v) is 10.1. The smallest absolute Gasteiger partial charge is 0.337 e. The maximum atomic E-state index is 11.0. The zero-order chi connectivity index (χ0) is 13.4. The Labute approximate surface area is 108 Å². The molecule has 6 nitrogen and oxygen atoms in total. The molecule has 0 bridgehead atoms. The van der Waals surface area contributed by atoms with Crippen LogP contribution in [0.3, 0.4) is 0 Å². The monoisotopic (exact) mass is 254 g/mol. The predicted molar refractivity (Wildman–Crippen MR) is 67.9 cm³/mol. The molecule has 3 rings (SSSR count). The van der Waals surface area contributed by atoms with Crippen molar-refractivity contribution in [2.75, 3.05) is 0 Å². The first-order valence-electron chi connectivity index (χ1n) is 5.66. The standard InChI is InChI=1S/C13H10N4O2/c1-8-4-5-14-10(6-8)12-16-15-11-3-2-9(13(18)19)7-17(11)12/h2-7H,1H3,(H,18,19). The Hall–Kier alpha value is -2.76. The van der Waals surface area contributed by atoms with Gasteiger partial charge in [-0.1, -0.05) is 0 Å². The average molecular weight is 254 g/mol. The molecule has 19 heavy (non-hydrogen) atoms. The van der Waals surface area contributed by atoms with E-state index < -0.39 is 5.97 Å². The lowest BCUT2D eigenvalue weighted by atomic mass is 10.2. The van der Waals surface area contributed by atoms with Crippen LogP contribution in [0.15, 0.2) is 36.7 Å². The normalized spacial score (nSPS) is 10.8. The maximum Gasteiger partial charge on any atom is 0.337 e. The van der Waals surface area contributed by atoms with Gasteiger partial charge >= 0.3 is 5.97 Å². The highest BCUT2D eigenvalue weighted by molar-refractivity contribution is 5.87. The van der Waals surface area contributed by atoms with E-state index in [-0.39, 0.29) is 5.56 Å². The quantitative estimate of drug-likeness (QED) is 0.754. The van der Waals surface area contributed by atoms with Gasteiger partial charge in [0.1, 0.15) is 5.69 Å². The number of aryl methyl sites for hydroxylation is 1.